The van der Waals surface area contributed by atoms with Crippen molar-refractivity contribution in [1.29, 1.82) is 0 Å². The maximum atomic E-state index is 11.8. The molecule has 0 bridgehead atoms. The first-order chi connectivity index (χ1) is 8.47. The fourth-order valence-corrected chi connectivity index (χ4v) is 2.23. The number of carboxylic acid groups (broad SMARTS) is 1. The number of hydrogen-bond donors (Lipinski definition) is 1. The first kappa shape index (κ1) is 12.4. The van der Waals surface area contributed by atoms with Crippen molar-refractivity contribution in [3.8, 4) is 0 Å². The van der Waals surface area contributed by atoms with E-state index >= 15 is 0 Å². The van der Waals surface area contributed by atoms with Gasteiger partial charge >= 0.3 is 5.97 Å². The zero-order valence-electron chi connectivity index (χ0n) is 10.7. The van der Waals surface area contributed by atoms with Gasteiger partial charge in [-0.2, -0.15) is 0 Å². The molecule has 0 amide bonds. The largest absolute Gasteiger partial charge is 0.475 e. The number of nitrogens with zero attached hydrogens (tertiary/aromatic N) is 1. The third kappa shape index (κ3) is 1.70. The van der Waals surface area contributed by atoms with Crippen LogP contribution < -0.4 is 0 Å². The second kappa shape index (κ2) is 4.29. The highest BCUT2D eigenvalue weighted by molar-refractivity contribution is 6.42. The molecule has 0 aliphatic rings. The molecule has 94 valence electrons. The van der Waals surface area contributed by atoms with E-state index in [1.54, 1.807) is 6.92 Å². The Labute approximate surface area is 105 Å². The van der Waals surface area contributed by atoms with Crippen LogP contribution in [0.2, 0.25) is 0 Å². The number of carbonyl (C=O) groups is 2. The molecule has 18 heavy (non-hydrogen) atoms. The number of fused-ring (bicyclic) bond motifs is 1. The number of ketones is 1. The lowest BCUT2D eigenvalue weighted by Crippen LogP contribution is -2.13. The van der Waals surface area contributed by atoms with E-state index in [-0.39, 0.29) is 0 Å². The molecule has 0 radical (unpaired) electrons. The number of carboxylic acids is 1. The predicted molar refractivity (Wildman–Crippen MR) is 69.0 cm³/mol. The van der Waals surface area contributed by atoms with E-state index < -0.39 is 11.8 Å². The lowest BCUT2D eigenvalue weighted by molar-refractivity contribution is -0.131. The number of Topliss-reactive ketones (excluding diaryl/α,β-unsaturated/α-hetero) is 1. The first-order valence-corrected chi connectivity index (χ1v) is 5.82. The smallest absolute Gasteiger partial charge is 0.377 e. The first-order valence-electron chi connectivity index (χ1n) is 5.82. The van der Waals surface area contributed by atoms with Gasteiger partial charge in [-0.1, -0.05) is 13.0 Å². The van der Waals surface area contributed by atoms with Crippen LogP contribution >= 0.6 is 0 Å². The van der Waals surface area contributed by atoms with E-state index in [1.165, 1.54) is 0 Å². The Bertz CT molecular complexity index is 653. The highest BCUT2D eigenvalue weighted by Crippen LogP contribution is 2.26. The van der Waals surface area contributed by atoms with Crippen molar-refractivity contribution in [2.24, 2.45) is 7.05 Å². The van der Waals surface area contributed by atoms with Crippen molar-refractivity contribution in [3.05, 3.63) is 35.0 Å². The highest BCUT2D eigenvalue weighted by atomic mass is 16.4. The second-order valence-corrected chi connectivity index (χ2v) is 4.36. The van der Waals surface area contributed by atoms with Crippen molar-refractivity contribution in [3.63, 3.8) is 0 Å². The number of rotatable bonds is 3. The Kier molecular flexibility index (Phi) is 2.95. The SMILES string of the molecule is CCc1ccc2c(c1)c(C(=O)C(=O)O)c(C)n2C. The molecular weight excluding hydrogens is 230 g/mol. The van der Waals surface area contributed by atoms with Gasteiger partial charge in [0.25, 0.3) is 5.78 Å². The van der Waals surface area contributed by atoms with Crippen LogP contribution in [0.4, 0.5) is 0 Å². The van der Waals surface area contributed by atoms with Gasteiger partial charge in [0.05, 0.1) is 5.56 Å². The van der Waals surface area contributed by atoms with Crippen LogP contribution in [0.25, 0.3) is 10.9 Å². The van der Waals surface area contributed by atoms with Gasteiger partial charge in [0.15, 0.2) is 0 Å². The van der Waals surface area contributed by atoms with Crippen LogP contribution in [0.5, 0.6) is 0 Å². The molecule has 0 atom stereocenters. The Hall–Kier alpha value is -2.10. The summed E-state index contributed by atoms with van der Waals surface area (Å²) in [5.74, 6) is -2.25. The van der Waals surface area contributed by atoms with E-state index in [0.717, 1.165) is 22.9 Å². The monoisotopic (exact) mass is 245 g/mol. The van der Waals surface area contributed by atoms with Crippen molar-refractivity contribution in [2.45, 2.75) is 20.3 Å². The Morgan fingerprint density at radius 3 is 2.56 bits per heavy atom. The number of benzene rings is 1. The predicted octanol–water partition coefficient (Wildman–Crippen LogP) is 2.32. The molecule has 0 unspecified atom stereocenters. The van der Waals surface area contributed by atoms with Gasteiger partial charge in [-0.05, 0) is 31.0 Å². The van der Waals surface area contributed by atoms with Crippen molar-refractivity contribution in [2.75, 3.05) is 0 Å². The summed E-state index contributed by atoms with van der Waals surface area (Å²) in [6, 6.07) is 5.83. The molecular formula is C14H15NO3. The topological polar surface area (TPSA) is 59.3 Å². The maximum Gasteiger partial charge on any atom is 0.377 e. The number of aryl methyl sites for hydroxylation is 2. The van der Waals surface area contributed by atoms with E-state index in [9.17, 15) is 9.59 Å². The molecule has 1 aromatic heterocycles. The summed E-state index contributed by atoms with van der Waals surface area (Å²) in [6.45, 7) is 3.79. The molecule has 2 rings (SSSR count). The molecule has 0 aliphatic carbocycles. The molecule has 4 heteroatoms. The highest BCUT2D eigenvalue weighted by Gasteiger charge is 2.23. The van der Waals surface area contributed by atoms with Gasteiger partial charge < -0.3 is 9.67 Å². The molecule has 1 aromatic carbocycles. The summed E-state index contributed by atoms with van der Waals surface area (Å²) >= 11 is 0. The van der Waals surface area contributed by atoms with Crippen LogP contribution in [-0.4, -0.2) is 21.4 Å². The second-order valence-electron chi connectivity index (χ2n) is 4.36. The lowest BCUT2D eigenvalue weighted by atomic mass is 10.0. The average Bonchev–Trinajstić information content (AvgIpc) is 2.60. The number of hydrogen-bond acceptors (Lipinski definition) is 2. The molecule has 2 aromatic rings. The summed E-state index contributed by atoms with van der Waals surface area (Å²) in [4.78, 5) is 22.7. The third-order valence-corrected chi connectivity index (χ3v) is 3.39. The van der Waals surface area contributed by atoms with Crippen LogP contribution in [0.3, 0.4) is 0 Å². The minimum Gasteiger partial charge on any atom is -0.475 e. The van der Waals surface area contributed by atoms with Gasteiger partial charge in [-0.15, -0.1) is 0 Å². The van der Waals surface area contributed by atoms with E-state index in [1.807, 2.05) is 36.7 Å². The summed E-state index contributed by atoms with van der Waals surface area (Å²) in [5.41, 5.74) is 2.96. The standard InChI is InChI=1S/C14H15NO3/c1-4-9-5-6-11-10(7-9)12(8(2)15(11)3)13(16)14(17)18/h5-7H,4H2,1-3H3,(H,17,18). The average molecular weight is 245 g/mol. The molecule has 0 saturated carbocycles. The molecule has 4 nitrogen and oxygen atoms in total. The van der Waals surface area contributed by atoms with Crippen LogP contribution in [-0.2, 0) is 18.3 Å². The quantitative estimate of drug-likeness (QED) is 0.666. The number of aromatic nitrogens is 1. The molecule has 0 spiro atoms. The zero-order chi connectivity index (χ0) is 13.4. The van der Waals surface area contributed by atoms with Crippen molar-refractivity contribution < 1.29 is 14.7 Å². The Balaban J connectivity index is 2.82. The van der Waals surface area contributed by atoms with Crippen LogP contribution in [0.15, 0.2) is 18.2 Å². The van der Waals surface area contributed by atoms with E-state index in [4.69, 9.17) is 5.11 Å². The lowest BCUT2D eigenvalue weighted by Gasteiger charge is -1.99. The molecule has 0 saturated heterocycles. The summed E-state index contributed by atoms with van der Waals surface area (Å²) in [5, 5.41) is 9.62. The van der Waals surface area contributed by atoms with Gasteiger partial charge in [0.1, 0.15) is 0 Å². The fourth-order valence-electron chi connectivity index (χ4n) is 2.23. The Morgan fingerprint density at radius 1 is 1.33 bits per heavy atom. The van der Waals surface area contributed by atoms with Crippen molar-refractivity contribution in [1.82, 2.24) is 4.57 Å². The summed E-state index contributed by atoms with van der Waals surface area (Å²) in [6.07, 6.45) is 0.852. The van der Waals surface area contributed by atoms with Crippen molar-refractivity contribution >= 4 is 22.7 Å². The van der Waals surface area contributed by atoms with Gasteiger partial charge in [-0.3, -0.25) is 4.79 Å². The third-order valence-electron chi connectivity index (χ3n) is 3.39. The zero-order valence-corrected chi connectivity index (χ0v) is 10.7. The van der Waals surface area contributed by atoms with Crippen LogP contribution in [0, 0.1) is 6.92 Å². The van der Waals surface area contributed by atoms with E-state index in [0.29, 0.717) is 11.3 Å². The minimum atomic E-state index is -1.41. The molecule has 0 fully saturated rings. The summed E-state index contributed by atoms with van der Waals surface area (Å²) in [7, 11) is 1.84. The Morgan fingerprint density at radius 2 is 2.00 bits per heavy atom. The fraction of sp³-hybridized carbons (Fsp3) is 0.286. The van der Waals surface area contributed by atoms with Gasteiger partial charge in [0.2, 0.25) is 0 Å². The molecule has 1 heterocycles. The minimum absolute atomic E-state index is 0.301. The normalized spacial score (nSPS) is 10.8. The summed E-state index contributed by atoms with van der Waals surface area (Å²) < 4.78 is 1.85. The number of carbonyl (C=O) groups excluding carboxylic acids is 1. The molecule has 1 N–H and O–H groups in total. The van der Waals surface area contributed by atoms with E-state index in [2.05, 4.69) is 0 Å². The van der Waals surface area contributed by atoms with Gasteiger partial charge in [-0.25, -0.2) is 4.79 Å². The maximum absolute atomic E-state index is 11.8. The molecule has 0 aliphatic heterocycles. The number of aliphatic carboxylic acids is 1. The van der Waals surface area contributed by atoms with Gasteiger partial charge in [0, 0.05) is 23.6 Å². The van der Waals surface area contributed by atoms with Crippen LogP contribution in [0.1, 0.15) is 28.5 Å².